The molecule has 34 heteroatoms. The summed E-state index contributed by atoms with van der Waals surface area (Å²) in [5.41, 5.74) is 6.69. The first-order valence-electron chi connectivity index (χ1n) is 34.0. The maximum absolute atomic E-state index is 14.7. The molecule has 3 saturated heterocycles. The number of carbonyl (C=O) groups excluding carboxylic acids is 3. The van der Waals surface area contributed by atoms with Gasteiger partial charge in [-0.25, -0.2) is 57.7 Å². The average Bonchev–Trinajstić information content (AvgIpc) is 1.58. The van der Waals surface area contributed by atoms with Gasteiger partial charge in [-0.2, -0.15) is 28.0 Å². The average molecular weight is 1490 g/mol. The molecule has 0 aliphatic carbocycles. The largest absolute Gasteiger partial charge is 0.486 e. The SMILES string of the molecule is CC(C)(C)S(=O)(=O)NC(=O)c1cnn2ccc(N3CCCC3c3cc(F)c4c(c3)OCCO4)cc12.CC(C)S(=O)(=O)NC(=O)c1cnn2ccc(N3CCCC3c3cc(F)c4c(c3)OCCO4)cc12.CCN(C)S(=O)(=O)NC(=O)c1cnn2ccc(N3CCC[C@@H]3c3cc(F)c4c(c3)OCCO4)cc12. The highest BCUT2D eigenvalue weighted by Gasteiger charge is 2.36. The summed E-state index contributed by atoms with van der Waals surface area (Å²) < 4.78 is 162. The van der Waals surface area contributed by atoms with E-state index in [1.165, 1.54) is 92.0 Å². The Balaban J connectivity index is 0.000000139. The zero-order valence-electron chi connectivity index (χ0n) is 58.0. The van der Waals surface area contributed by atoms with Crippen molar-refractivity contribution in [3.05, 3.63) is 161 Å². The number of fused-ring (bicyclic) bond motifs is 6. The summed E-state index contributed by atoms with van der Waals surface area (Å²) in [4.78, 5) is 44.8. The van der Waals surface area contributed by atoms with Crippen LogP contribution in [0.25, 0.3) is 16.6 Å². The fraction of sp³-hybridized carbons (Fsp3) is 0.400. The number of sulfonamides is 2. The van der Waals surface area contributed by atoms with Crippen LogP contribution in [0.5, 0.6) is 34.5 Å². The zero-order chi connectivity index (χ0) is 73.7. The second-order valence-corrected chi connectivity index (χ2v) is 33.3. The zero-order valence-corrected chi connectivity index (χ0v) is 60.4. The van der Waals surface area contributed by atoms with Gasteiger partial charge in [-0.05, 0) is 163 Å². The van der Waals surface area contributed by atoms with Gasteiger partial charge in [0.05, 0.1) is 80.0 Å². The Morgan fingerprint density at radius 2 is 0.837 bits per heavy atom. The van der Waals surface area contributed by atoms with Crippen molar-refractivity contribution in [2.75, 3.05) is 87.6 Å². The van der Waals surface area contributed by atoms with Gasteiger partial charge in [0.1, 0.15) is 39.6 Å². The van der Waals surface area contributed by atoms with Crippen molar-refractivity contribution < 1.29 is 81.2 Å². The molecule has 0 saturated carbocycles. The molecule has 3 fully saturated rings. The van der Waals surface area contributed by atoms with Crippen molar-refractivity contribution >= 4 is 81.6 Å². The number of rotatable bonds is 15. The van der Waals surface area contributed by atoms with Crippen LogP contribution < -0.4 is 57.3 Å². The molecule has 0 bridgehead atoms. The fourth-order valence-electron chi connectivity index (χ4n) is 13.3. The van der Waals surface area contributed by atoms with E-state index in [2.05, 4.69) is 44.2 Å². The number of nitrogens with one attached hydrogen (secondary N) is 3. The number of hydrogen-bond donors (Lipinski definition) is 3. The van der Waals surface area contributed by atoms with E-state index in [4.69, 9.17) is 28.4 Å². The third-order valence-electron chi connectivity index (χ3n) is 19.0. The molecule has 6 aliphatic heterocycles. The van der Waals surface area contributed by atoms with Crippen molar-refractivity contribution in [3.63, 3.8) is 0 Å². The summed E-state index contributed by atoms with van der Waals surface area (Å²) in [7, 11) is -10.2. The van der Waals surface area contributed by atoms with Crippen LogP contribution in [-0.4, -0.2) is 159 Å². The van der Waals surface area contributed by atoms with Crippen LogP contribution in [0.2, 0.25) is 0 Å². The Hall–Kier alpha value is -10.1. The molecule has 104 heavy (non-hydrogen) atoms. The van der Waals surface area contributed by atoms with Crippen LogP contribution in [0.15, 0.2) is 110 Å². The van der Waals surface area contributed by atoms with Gasteiger partial charge in [0.15, 0.2) is 51.9 Å². The van der Waals surface area contributed by atoms with Gasteiger partial charge in [-0.1, -0.05) is 6.92 Å². The van der Waals surface area contributed by atoms with E-state index in [9.17, 15) is 52.8 Å². The van der Waals surface area contributed by atoms with Crippen molar-refractivity contribution in [3.8, 4) is 34.5 Å². The van der Waals surface area contributed by atoms with E-state index in [0.717, 1.165) is 96.2 Å². The van der Waals surface area contributed by atoms with Crippen molar-refractivity contribution in [1.29, 1.82) is 0 Å². The van der Waals surface area contributed by atoms with Gasteiger partial charge in [-0.3, -0.25) is 14.4 Å². The van der Waals surface area contributed by atoms with E-state index in [1.807, 2.05) is 36.4 Å². The number of aromatic nitrogens is 6. The smallest absolute Gasteiger partial charge is 0.303 e. The number of anilines is 3. The highest BCUT2D eigenvalue weighted by Crippen LogP contribution is 2.46. The lowest BCUT2D eigenvalue weighted by Gasteiger charge is -2.28. The lowest BCUT2D eigenvalue weighted by atomic mass is 10.0. The second-order valence-electron chi connectivity index (χ2n) is 26.9. The quantitative estimate of drug-likeness (QED) is 0.0861. The maximum Gasteiger partial charge on any atom is 0.303 e. The molecule has 0 radical (unpaired) electrons. The summed E-state index contributed by atoms with van der Waals surface area (Å²) in [5, 5.41) is 11.8. The topological polar surface area (TPSA) is 310 Å². The molecule has 3 aromatic carbocycles. The lowest BCUT2D eigenvalue weighted by Crippen LogP contribution is -2.42. The summed E-state index contributed by atoms with van der Waals surface area (Å²) in [6.07, 6.45) is 14.4. The molecule has 552 valence electrons. The summed E-state index contributed by atoms with van der Waals surface area (Å²) in [5.74, 6) is -1.93. The van der Waals surface area contributed by atoms with Crippen molar-refractivity contribution in [2.45, 2.75) is 108 Å². The molecule has 28 nitrogen and oxygen atoms in total. The molecule has 6 aliphatic rings. The van der Waals surface area contributed by atoms with Gasteiger partial charge in [0, 0.05) is 68.9 Å². The fourth-order valence-corrected chi connectivity index (χ4v) is 15.4. The molecule has 9 aromatic rings. The number of halogens is 3. The Kier molecular flexibility index (Phi) is 20.1. The number of carbonyl (C=O) groups is 3. The van der Waals surface area contributed by atoms with Crippen LogP contribution >= 0.6 is 0 Å². The molecular formula is C70H78F3N13O15S3. The van der Waals surface area contributed by atoms with Gasteiger partial charge < -0.3 is 43.1 Å². The number of benzene rings is 3. The molecule has 0 spiro atoms. The van der Waals surface area contributed by atoms with E-state index in [-0.39, 0.29) is 58.6 Å². The first-order valence-corrected chi connectivity index (χ1v) is 38.4. The van der Waals surface area contributed by atoms with Gasteiger partial charge in [-0.15, -0.1) is 0 Å². The number of nitrogens with zero attached hydrogens (tertiary/aromatic N) is 10. The van der Waals surface area contributed by atoms with E-state index >= 15 is 0 Å². The lowest BCUT2D eigenvalue weighted by molar-refractivity contribution is 0.0972. The number of amides is 3. The first kappa shape index (κ1) is 72.3. The van der Waals surface area contributed by atoms with Gasteiger partial charge in [0.25, 0.3) is 17.7 Å². The summed E-state index contributed by atoms with van der Waals surface area (Å²) in [6.45, 7) is 13.7. The maximum atomic E-state index is 14.7. The van der Waals surface area contributed by atoms with Crippen LogP contribution in [0, 0.1) is 17.5 Å². The Bertz CT molecular complexity index is 5190. The van der Waals surface area contributed by atoms with Crippen LogP contribution in [0.3, 0.4) is 0 Å². The van der Waals surface area contributed by atoms with Crippen molar-refractivity contribution in [1.82, 2.24) is 47.3 Å². The predicted octanol–water partition coefficient (Wildman–Crippen LogP) is 9.01. The first-order chi connectivity index (χ1) is 49.6. The molecule has 3 atom stereocenters. The molecular weight excluding hydrogens is 1420 g/mol. The molecule has 3 N–H and O–H groups in total. The van der Waals surface area contributed by atoms with Crippen LogP contribution in [0.1, 0.15) is 146 Å². The molecule has 15 rings (SSSR count). The minimum absolute atomic E-state index is 0.0886. The normalized spacial score (nSPS) is 18.0. The molecule has 12 heterocycles. The number of hydrogen-bond acceptors (Lipinski definition) is 21. The van der Waals surface area contributed by atoms with Crippen LogP contribution in [-0.2, 0) is 30.3 Å². The van der Waals surface area contributed by atoms with Crippen molar-refractivity contribution in [2.24, 2.45) is 0 Å². The Morgan fingerprint density at radius 3 is 1.16 bits per heavy atom. The molecule has 2 unspecified atom stereocenters. The van der Waals surface area contributed by atoms with E-state index in [0.29, 0.717) is 73.4 Å². The van der Waals surface area contributed by atoms with E-state index in [1.54, 1.807) is 43.7 Å². The Labute approximate surface area is 598 Å². The monoisotopic (exact) mass is 1490 g/mol. The summed E-state index contributed by atoms with van der Waals surface area (Å²) in [6, 6.07) is 20.7. The third-order valence-corrected chi connectivity index (χ3v) is 24.3. The molecule has 6 aromatic heterocycles. The van der Waals surface area contributed by atoms with Crippen LogP contribution in [0.4, 0.5) is 30.2 Å². The molecule has 3 amide bonds. The predicted molar refractivity (Wildman–Crippen MR) is 378 cm³/mol. The number of ether oxygens (including phenoxy) is 6. The standard InChI is InChI=1S/C24H27FN4O5S.C23H26FN5O5S.C23H25FN4O5S/c1-24(2,3)35(31,32)27-23(30)17-14-26-29-8-6-16(13-20(17)29)28-7-4-5-19(28)15-11-18(25)22-21(12-15)33-9-10-34-22;1-3-27(2)35(31,32)26-23(30)17-14-25-29-8-6-16(13-20(17)29)28-7-4-5-19(28)15-11-18(24)22-21(12-15)33-9-10-34-22;1-14(2)34(30,31)26-23(29)17-13-25-28-7-5-16(12-20(17)28)27-6-3-4-19(27)15-10-18(24)22-21(11-15)32-8-9-33-22/h6,8,11-14,19H,4-5,7,9-10H2,1-3H3,(H,27,30);6,8,11-14,19H,3-5,7,9-10H2,1-2H3,(H,26,30);5,7,10-14,19H,3-4,6,8-9H2,1-2H3,(H,26,29)/t;19-;/m.1./s1. The summed E-state index contributed by atoms with van der Waals surface area (Å²) >= 11 is 0. The minimum atomic E-state index is -3.96. The third kappa shape index (κ3) is 14.5. The van der Waals surface area contributed by atoms with Gasteiger partial charge >= 0.3 is 10.2 Å². The second kappa shape index (κ2) is 28.9. The van der Waals surface area contributed by atoms with Gasteiger partial charge in [0.2, 0.25) is 20.0 Å². The minimum Gasteiger partial charge on any atom is -0.486 e. The number of pyridine rings is 3. The highest BCUT2D eigenvalue weighted by atomic mass is 32.2. The Morgan fingerprint density at radius 1 is 0.510 bits per heavy atom. The van der Waals surface area contributed by atoms with E-state index < -0.39 is 75.4 Å². The highest BCUT2D eigenvalue weighted by molar-refractivity contribution is 7.91.